The summed E-state index contributed by atoms with van der Waals surface area (Å²) < 4.78 is 0. The third kappa shape index (κ3) is 2.51. The standard InChI is InChI=1S/C13H22N2O3/c1-2-13(6-3-7-14-13)12(18)15-10-5-4-9(8-10)11(16)17/h9-10,14H,2-8H2,1H3,(H,15,18)(H,16,17). The monoisotopic (exact) mass is 254 g/mol. The summed E-state index contributed by atoms with van der Waals surface area (Å²) >= 11 is 0. The van der Waals surface area contributed by atoms with Crippen LogP contribution in [-0.2, 0) is 9.59 Å². The van der Waals surface area contributed by atoms with E-state index in [4.69, 9.17) is 5.11 Å². The Kier molecular flexibility index (Phi) is 3.90. The van der Waals surface area contributed by atoms with Crippen molar-refractivity contribution in [2.75, 3.05) is 6.54 Å². The molecule has 0 aromatic carbocycles. The second kappa shape index (κ2) is 5.26. The minimum Gasteiger partial charge on any atom is -0.481 e. The number of hydrogen-bond acceptors (Lipinski definition) is 3. The first kappa shape index (κ1) is 13.3. The molecule has 1 saturated carbocycles. The highest BCUT2D eigenvalue weighted by Gasteiger charge is 2.41. The molecule has 1 aliphatic heterocycles. The minimum atomic E-state index is -0.740. The van der Waals surface area contributed by atoms with Crippen molar-refractivity contribution in [1.29, 1.82) is 0 Å². The average Bonchev–Trinajstić information content (AvgIpc) is 2.97. The highest BCUT2D eigenvalue weighted by molar-refractivity contribution is 5.87. The van der Waals surface area contributed by atoms with Crippen molar-refractivity contribution < 1.29 is 14.7 Å². The Morgan fingerprint density at radius 2 is 2.22 bits per heavy atom. The van der Waals surface area contributed by atoms with Crippen molar-refractivity contribution in [3.8, 4) is 0 Å². The molecule has 0 bridgehead atoms. The fourth-order valence-electron chi connectivity index (χ4n) is 3.12. The summed E-state index contributed by atoms with van der Waals surface area (Å²) in [7, 11) is 0. The smallest absolute Gasteiger partial charge is 0.306 e. The normalized spacial score (nSPS) is 35.6. The van der Waals surface area contributed by atoms with Crippen LogP contribution < -0.4 is 10.6 Å². The van der Waals surface area contributed by atoms with Gasteiger partial charge in [0, 0.05) is 6.04 Å². The second-order valence-corrected chi connectivity index (χ2v) is 5.48. The van der Waals surface area contributed by atoms with Crippen LogP contribution in [0.4, 0.5) is 0 Å². The van der Waals surface area contributed by atoms with Crippen molar-refractivity contribution in [3.05, 3.63) is 0 Å². The number of rotatable bonds is 4. The van der Waals surface area contributed by atoms with Crippen LogP contribution in [0.3, 0.4) is 0 Å². The molecule has 3 N–H and O–H groups in total. The lowest BCUT2D eigenvalue weighted by atomic mass is 9.92. The molecule has 0 aromatic rings. The Hall–Kier alpha value is -1.10. The van der Waals surface area contributed by atoms with Crippen LogP contribution in [-0.4, -0.2) is 35.1 Å². The van der Waals surface area contributed by atoms with Crippen LogP contribution in [0.1, 0.15) is 45.4 Å². The molecule has 1 aliphatic carbocycles. The van der Waals surface area contributed by atoms with Gasteiger partial charge >= 0.3 is 5.97 Å². The number of carbonyl (C=O) groups excluding carboxylic acids is 1. The molecule has 2 fully saturated rings. The molecule has 0 aromatic heterocycles. The van der Waals surface area contributed by atoms with E-state index in [1.807, 2.05) is 6.92 Å². The van der Waals surface area contributed by atoms with E-state index in [0.717, 1.165) is 32.2 Å². The topological polar surface area (TPSA) is 78.4 Å². The molecule has 0 radical (unpaired) electrons. The average molecular weight is 254 g/mol. The lowest BCUT2D eigenvalue weighted by Gasteiger charge is -2.28. The van der Waals surface area contributed by atoms with Crippen molar-refractivity contribution >= 4 is 11.9 Å². The summed E-state index contributed by atoms with van der Waals surface area (Å²) in [4.78, 5) is 23.2. The van der Waals surface area contributed by atoms with Gasteiger partial charge < -0.3 is 15.7 Å². The van der Waals surface area contributed by atoms with Crippen LogP contribution in [0.2, 0.25) is 0 Å². The molecule has 0 spiro atoms. The van der Waals surface area contributed by atoms with Crippen LogP contribution in [0, 0.1) is 5.92 Å². The Morgan fingerprint density at radius 1 is 1.44 bits per heavy atom. The van der Waals surface area contributed by atoms with Gasteiger partial charge in [-0.25, -0.2) is 0 Å². The van der Waals surface area contributed by atoms with Crippen molar-refractivity contribution in [3.63, 3.8) is 0 Å². The molecule has 2 aliphatic rings. The van der Waals surface area contributed by atoms with Crippen LogP contribution in [0.5, 0.6) is 0 Å². The van der Waals surface area contributed by atoms with Gasteiger partial charge in [0.05, 0.1) is 11.5 Å². The van der Waals surface area contributed by atoms with E-state index in [2.05, 4.69) is 10.6 Å². The SMILES string of the molecule is CCC1(C(=O)NC2CCC(C(=O)O)C2)CCCN1. The molecule has 102 valence electrons. The number of nitrogens with one attached hydrogen (secondary N) is 2. The van der Waals surface area contributed by atoms with E-state index in [9.17, 15) is 9.59 Å². The molecule has 3 atom stereocenters. The van der Waals surface area contributed by atoms with Gasteiger partial charge in [-0.2, -0.15) is 0 Å². The van der Waals surface area contributed by atoms with Gasteiger partial charge in [-0.1, -0.05) is 6.92 Å². The van der Waals surface area contributed by atoms with Gasteiger partial charge in [-0.3, -0.25) is 9.59 Å². The van der Waals surface area contributed by atoms with Crippen LogP contribution >= 0.6 is 0 Å². The first-order chi connectivity index (χ1) is 8.57. The molecule has 18 heavy (non-hydrogen) atoms. The number of amides is 1. The summed E-state index contributed by atoms with van der Waals surface area (Å²) in [6.07, 6.45) is 4.72. The Labute approximate surface area is 107 Å². The van der Waals surface area contributed by atoms with Gasteiger partial charge in [0.1, 0.15) is 0 Å². The first-order valence-electron chi connectivity index (χ1n) is 6.86. The minimum absolute atomic E-state index is 0.0319. The molecule has 5 nitrogen and oxygen atoms in total. The number of carboxylic acids is 1. The van der Waals surface area contributed by atoms with Gasteiger partial charge in [0.2, 0.25) is 5.91 Å². The summed E-state index contributed by atoms with van der Waals surface area (Å²) in [5.74, 6) is -0.973. The largest absolute Gasteiger partial charge is 0.481 e. The Morgan fingerprint density at radius 3 is 2.72 bits per heavy atom. The van der Waals surface area contributed by atoms with E-state index < -0.39 is 11.5 Å². The van der Waals surface area contributed by atoms with Crippen molar-refractivity contribution in [2.24, 2.45) is 5.92 Å². The summed E-state index contributed by atoms with van der Waals surface area (Å²) in [6.45, 7) is 2.91. The molecule has 1 amide bonds. The number of carbonyl (C=O) groups is 2. The number of hydrogen-bond donors (Lipinski definition) is 3. The Balaban J connectivity index is 1.90. The first-order valence-corrected chi connectivity index (χ1v) is 6.86. The van der Waals surface area contributed by atoms with Gasteiger partial charge in [-0.05, 0) is 45.1 Å². The predicted molar refractivity (Wildman–Crippen MR) is 67.2 cm³/mol. The second-order valence-electron chi connectivity index (χ2n) is 5.48. The molecule has 2 rings (SSSR count). The van der Waals surface area contributed by atoms with Crippen molar-refractivity contribution in [1.82, 2.24) is 10.6 Å². The number of aliphatic carboxylic acids is 1. The molecule has 1 saturated heterocycles. The molecule has 5 heteroatoms. The van der Waals surface area contributed by atoms with E-state index in [1.165, 1.54) is 0 Å². The fourth-order valence-corrected chi connectivity index (χ4v) is 3.12. The third-order valence-electron chi connectivity index (χ3n) is 4.40. The molecular formula is C13H22N2O3. The quantitative estimate of drug-likeness (QED) is 0.696. The van der Waals surface area contributed by atoms with Gasteiger partial charge in [0.25, 0.3) is 0 Å². The molecular weight excluding hydrogens is 232 g/mol. The summed E-state index contributed by atoms with van der Waals surface area (Å²) in [5.41, 5.74) is -0.415. The molecule has 1 heterocycles. The van der Waals surface area contributed by atoms with Gasteiger partial charge in [-0.15, -0.1) is 0 Å². The van der Waals surface area contributed by atoms with Crippen LogP contribution in [0.15, 0.2) is 0 Å². The maximum absolute atomic E-state index is 12.3. The fraction of sp³-hybridized carbons (Fsp3) is 0.846. The Bertz CT molecular complexity index is 337. The zero-order valence-electron chi connectivity index (χ0n) is 10.9. The zero-order chi connectivity index (χ0) is 13.2. The van der Waals surface area contributed by atoms with E-state index >= 15 is 0 Å². The molecule has 3 unspecified atom stereocenters. The lowest BCUT2D eigenvalue weighted by Crippen LogP contribution is -2.55. The predicted octanol–water partition coefficient (Wildman–Crippen LogP) is 0.888. The van der Waals surface area contributed by atoms with Crippen LogP contribution in [0.25, 0.3) is 0 Å². The van der Waals surface area contributed by atoms with E-state index in [1.54, 1.807) is 0 Å². The summed E-state index contributed by atoms with van der Waals surface area (Å²) in [6, 6.07) is 0.0319. The third-order valence-corrected chi connectivity index (χ3v) is 4.40. The maximum atomic E-state index is 12.3. The number of carboxylic acid groups (broad SMARTS) is 1. The maximum Gasteiger partial charge on any atom is 0.306 e. The van der Waals surface area contributed by atoms with E-state index in [0.29, 0.717) is 12.8 Å². The summed E-state index contributed by atoms with van der Waals surface area (Å²) in [5, 5.41) is 15.3. The zero-order valence-corrected chi connectivity index (χ0v) is 10.9. The van der Waals surface area contributed by atoms with Crippen molar-refractivity contribution in [2.45, 2.75) is 57.0 Å². The van der Waals surface area contributed by atoms with E-state index in [-0.39, 0.29) is 17.9 Å². The lowest BCUT2D eigenvalue weighted by molar-refractivity contribution is -0.141. The van der Waals surface area contributed by atoms with Gasteiger partial charge in [0.15, 0.2) is 0 Å². The highest BCUT2D eigenvalue weighted by atomic mass is 16.4. The highest BCUT2D eigenvalue weighted by Crippen LogP contribution is 2.28.